The van der Waals surface area contributed by atoms with Gasteiger partial charge >= 0.3 is 5.69 Å². The van der Waals surface area contributed by atoms with E-state index in [-0.39, 0.29) is 17.6 Å². The third kappa shape index (κ3) is 2.10. The smallest absolute Gasteiger partial charge is 0.298 e. The Morgan fingerprint density at radius 1 is 1.55 bits per heavy atom. The summed E-state index contributed by atoms with van der Waals surface area (Å²) in [7, 11) is 1.37. The van der Waals surface area contributed by atoms with Gasteiger partial charge in [-0.1, -0.05) is 11.6 Å². The minimum absolute atomic E-state index is 0. The second kappa shape index (κ2) is 3.59. The van der Waals surface area contributed by atoms with Gasteiger partial charge in [0.25, 0.3) is 5.56 Å². The zero-order valence-corrected chi connectivity index (χ0v) is 7.20. The molecule has 0 bridgehead atoms. The van der Waals surface area contributed by atoms with Gasteiger partial charge in [-0.2, -0.15) is 0 Å². The van der Waals surface area contributed by atoms with Crippen molar-refractivity contribution in [3.63, 3.8) is 0 Å². The highest BCUT2D eigenvalue weighted by atomic mass is 35.5. The molecule has 11 heavy (non-hydrogen) atoms. The van der Waals surface area contributed by atoms with Crippen LogP contribution in [-0.4, -0.2) is 9.55 Å². The van der Waals surface area contributed by atoms with Crippen LogP contribution in [0.4, 0.5) is 0 Å². The minimum Gasteiger partial charge on any atom is -0.298 e. The van der Waals surface area contributed by atoms with Gasteiger partial charge in [-0.15, -0.1) is 12.4 Å². The molecule has 62 valence electrons. The first-order valence-corrected chi connectivity index (χ1v) is 2.95. The fourth-order valence-corrected chi connectivity index (χ4v) is 0.702. The molecule has 1 aromatic rings. The van der Waals surface area contributed by atoms with E-state index < -0.39 is 11.2 Å². The third-order valence-corrected chi connectivity index (χ3v) is 1.32. The summed E-state index contributed by atoms with van der Waals surface area (Å²) in [6.07, 6.45) is 0. The van der Waals surface area contributed by atoms with E-state index in [2.05, 4.69) is 4.98 Å². The molecular formula is C5H6Cl2N2O2. The largest absolute Gasteiger partial charge is 0.329 e. The number of aromatic nitrogens is 2. The van der Waals surface area contributed by atoms with Gasteiger partial charge in [0, 0.05) is 13.1 Å². The van der Waals surface area contributed by atoms with Crippen molar-refractivity contribution in [3.8, 4) is 0 Å². The topological polar surface area (TPSA) is 54.9 Å². The highest BCUT2D eigenvalue weighted by Crippen LogP contribution is 1.92. The van der Waals surface area contributed by atoms with Gasteiger partial charge in [-0.3, -0.25) is 14.3 Å². The molecule has 0 radical (unpaired) electrons. The Morgan fingerprint density at radius 3 is 2.55 bits per heavy atom. The molecule has 0 saturated carbocycles. The van der Waals surface area contributed by atoms with Crippen molar-refractivity contribution in [1.29, 1.82) is 0 Å². The summed E-state index contributed by atoms with van der Waals surface area (Å²) < 4.78 is 0.936. The Kier molecular flexibility index (Phi) is 3.35. The predicted molar refractivity (Wildman–Crippen MR) is 44.6 cm³/mol. The number of nitrogens with one attached hydrogen (secondary N) is 1. The minimum atomic E-state index is -0.502. The van der Waals surface area contributed by atoms with Crippen LogP contribution in [0.1, 0.15) is 0 Å². The van der Waals surface area contributed by atoms with Crippen LogP contribution in [0.2, 0.25) is 5.15 Å². The summed E-state index contributed by atoms with van der Waals surface area (Å²) in [5.74, 6) is 0. The SMILES string of the molecule is Cl.Cn1c(=O)cc(Cl)[nH]c1=O. The zero-order chi connectivity index (χ0) is 7.72. The number of halogens is 2. The van der Waals surface area contributed by atoms with E-state index in [1.54, 1.807) is 0 Å². The van der Waals surface area contributed by atoms with E-state index in [0.717, 1.165) is 10.6 Å². The van der Waals surface area contributed by atoms with Crippen molar-refractivity contribution in [2.45, 2.75) is 0 Å². The molecule has 0 aliphatic carbocycles. The van der Waals surface area contributed by atoms with Gasteiger partial charge < -0.3 is 0 Å². The lowest BCUT2D eigenvalue weighted by molar-refractivity contribution is 0.776. The highest BCUT2D eigenvalue weighted by Gasteiger charge is 1.95. The van der Waals surface area contributed by atoms with Gasteiger partial charge in [0.05, 0.1) is 0 Å². The Bertz CT molecular complexity index is 323. The lowest BCUT2D eigenvalue weighted by atomic mass is 10.6. The molecule has 0 aliphatic heterocycles. The number of H-pyrrole nitrogens is 1. The molecule has 0 atom stereocenters. The maximum atomic E-state index is 10.7. The van der Waals surface area contributed by atoms with Crippen molar-refractivity contribution in [1.82, 2.24) is 9.55 Å². The normalized spacial score (nSPS) is 8.91. The molecule has 0 amide bonds. The molecule has 4 nitrogen and oxygen atoms in total. The second-order valence-electron chi connectivity index (χ2n) is 1.82. The maximum Gasteiger partial charge on any atom is 0.329 e. The van der Waals surface area contributed by atoms with E-state index >= 15 is 0 Å². The number of rotatable bonds is 0. The zero-order valence-electron chi connectivity index (χ0n) is 5.63. The van der Waals surface area contributed by atoms with Crippen LogP contribution < -0.4 is 11.2 Å². The standard InChI is InChI=1S/C5H5ClN2O2.ClH/c1-8-4(9)2-3(6)7-5(8)10;/h2H,1H3,(H,7,10);1H. The van der Waals surface area contributed by atoms with Gasteiger partial charge in [-0.05, 0) is 0 Å². The Labute approximate surface area is 73.2 Å². The molecule has 1 N–H and O–H groups in total. The van der Waals surface area contributed by atoms with Crippen LogP contribution in [0.5, 0.6) is 0 Å². The summed E-state index contributed by atoms with van der Waals surface area (Å²) in [6, 6.07) is 1.14. The molecule has 0 spiro atoms. The summed E-state index contributed by atoms with van der Waals surface area (Å²) in [5, 5.41) is 0.0631. The average Bonchev–Trinajstić information content (AvgIpc) is 1.82. The fraction of sp³-hybridized carbons (Fsp3) is 0.200. The Hall–Kier alpha value is -0.740. The van der Waals surface area contributed by atoms with E-state index in [0.29, 0.717) is 0 Å². The van der Waals surface area contributed by atoms with Crippen LogP contribution >= 0.6 is 24.0 Å². The van der Waals surface area contributed by atoms with Crippen LogP contribution in [0.3, 0.4) is 0 Å². The van der Waals surface area contributed by atoms with Crippen molar-refractivity contribution >= 4 is 24.0 Å². The van der Waals surface area contributed by atoms with Crippen LogP contribution in [0.15, 0.2) is 15.7 Å². The van der Waals surface area contributed by atoms with Crippen LogP contribution in [-0.2, 0) is 7.05 Å². The molecule has 1 heterocycles. The summed E-state index contributed by atoms with van der Waals surface area (Å²) in [6.45, 7) is 0. The monoisotopic (exact) mass is 196 g/mol. The Morgan fingerprint density at radius 2 is 2.09 bits per heavy atom. The van der Waals surface area contributed by atoms with E-state index in [9.17, 15) is 9.59 Å². The maximum absolute atomic E-state index is 10.7. The number of hydrogen-bond donors (Lipinski definition) is 1. The van der Waals surface area contributed by atoms with Crippen molar-refractivity contribution in [3.05, 3.63) is 32.1 Å². The fourth-order valence-electron chi connectivity index (χ4n) is 0.527. The first-order valence-electron chi connectivity index (χ1n) is 2.57. The number of nitrogens with zero attached hydrogens (tertiary/aromatic N) is 1. The molecule has 0 saturated heterocycles. The lowest BCUT2D eigenvalue weighted by Crippen LogP contribution is -2.31. The van der Waals surface area contributed by atoms with E-state index in [1.165, 1.54) is 7.05 Å². The highest BCUT2D eigenvalue weighted by molar-refractivity contribution is 6.29. The summed E-state index contributed by atoms with van der Waals surface area (Å²) in [4.78, 5) is 23.7. The molecule has 1 rings (SSSR count). The lowest BCUT2D eigenvalue weighted by Gasteiger charge is -1.92. The van der Waals surface area contributed by atoms with Gasteiger partial charge in [0.2, 0.25) is 0 Å². The van der Waals surface area contributed by atoms with Crippen molar-refractivity contribution < 1.29 is 0 Å². The molecular weight excluding hydrogens is 191 g/mol. The molecule has 0 unspecified atom stereocenters. The Balaban J connectivity index is 0.000001000. The van der Waals surface area contributed by atoms with E-state index in [4.69, 9.17) is 11.6 Å². The van der Waals surface area contributed by atoms with Gasteiger partial charge in [0.15, 0.2) is 0 Å². The van der Waals surface area contributed by atoms with Gasteiger partial charge in [-0.25, -0.2) is 4.79 Å². The molecule has 6 heteroatoms. The molecule has 0 fully saturated rings. The molecule has 0 aliphatic rings. The van der Waals surface area contributed by atoms with Gasteiger partial charge in [0.1, 0.15) is 5.15 Å². The quantitative estimate of drug-likeness (QED) is 0.601. The summed E-state index contributed by atoms with van der Waals surface area (Å²) >= 11 is 5.35. The van der Waals surface area contributed by atoms with Crippen LogP contribution in [0.25, 0.3) is 0 Å². The van der Waals surface area contributed by atoms with Crippen LogP contribution in [0, 0.1) is 0 Å². The first-order chi connectivity index (χ1) is 4.61. The number of aromatic amines is 1. The molecule has 1 aromatic heterocycles. The second-order valence-corrected chi connectivity index (χ2v) is 2.23. The first kappa shape index (κ1) is 10.3. The summed E-state index contributed by atoms with van der Waals surface area (Å²) in [5.41, 5.74) is -0.911. The predicted octanol–water partition coefficient (Wildman–Crippen LogP) is 0.149. The average molecular weight is 197 g/mol. The van der Waals surface area contributed by atoms with Crippen molar-refractivity contribution in [2.75, 3.05) is 0 Å². The van der Waals surface area contributed by atoms with Crippen molar-refractivity contribution in [2.24, 2.45) is 7.05 Å². The molecule has 0 aromatic carbocycles. The third-order valence-electron chi connectivity index (χ3n) is 1.11. The van der Waals surface area contributed by atoms with E-state index in [1.807, 2.05) is 0 Å². The number of hydrogen-bond acceptors (Lipinski definition) is 2.